The van der Waals surface area contributed by atoms with E-state index in [0.717, 1.165) is 11.1 Å². The number of nitrogens with zero attached hydrogens (tertiary/aromatic N) is 1. The van der Waals surface area contributed by atoms with Gasteiger partial charge in [0.25, 0.3) is 5.91 Å². The summed E-state index contributed by atoms with van der Waals surface area (Å²) in [5, 5.41) is 0.581. The van der Waals surface area contributed by atoms with E-state index in [2.05, 4.69) is 0 Å². The van der Waals surface area contributed by atoms with Gasteiger partial charge < -0.3 is 4.90 Å². The molecule has 2 aromatic carbocycles. The predicted molar refractivity (Wildman–Crippen MR) is 81.2 cm³/mol. The predicted octanol–water partition coefficient (Wildman–Crippen LogP) is 3.88. The van der Waals surface area contributed by atoms with Crippen LogP contribution in [0.25, 0.3) is 0 Å². The number of alkyl halides is 1. The third kappa shape index (κ3) is 2.79. The van der Waals surface area contributed by atoms with Crippen molar-refractivity contribution in [2.75, 3.05) is 6.67 Å². The SMILES string of the molecule is O=C(c1ccc(Cl)cc1)N1Cc2ccccc2C[C@H]1CF. The Morgan fingerprint density at radius 1 is 1.14 bits per heavy atom. The number of hydrogen-bond donors (Lipinski definition) is 0. The number of fused-ring (bicyclic) bond motifs is 1. The maximum absolute atomic E-state index is 13.3. The van der Waals surface area contributed by atoms with Gasteiger partial charge in [-0.25, -0.2) is 4.39 Å². The van der Waals surface area contributed by atoms with Crippen LogP contribution in [0.3, 0.4) is 0 Å². The minimum absolute atomic E-state index is 0.149. The maximum Gasteiger partial charge on any atom is 0.254 e. The molecule has 0 spiro atoms. The van der Waals surface area contributed by atoms with Crippen LogP contribution in [-0.4, -0.2) is 23.5 Å². The first-order valence-corrected chi connectivity index (χ1v) is 7.26. The van der Waals surface area contributed by atoms with Gasteiger partial charge in [0, 0.05) is 17.1 Å². The Morgan fingerprint density at radius 2 is 1.81 bits per heavy atom. The summed E-state index contributed by atoms with van der Waals surface area (Å²) in [5.74, 6) is -0.149. The molecule has 0 saturated carbocycles. The summed E-state index contributed by atoms with van der Waals surface area (Å²) in [6.07, 6.45) is 0.562. The second-order valence-corrected chi connectivity index (χ2v) is 5.66. The van der Waals surface area contributed by atoms with E-state index in [1.807, 2.05) is 24.3 Å². The van der Waals surface area contributed by atoms with Crippen molar-refractivity contribution in [1.82, 2.24) is 4.90 Å². The average Bonchev–Trinajstić information content (AvgIpc) is 2.53. The van der Waals surface area contributed by atoms with Crippen molar-refractivity contribution in [1.29, 1.82) is 0 Å². The molecule has 3 rings (SSSR count). The smallest absolute Gasteiger partial charge is 0.254 e. The Morgan fingerprint density at radius 3 is 2.48 bits per heavy atom. The number of carbonyl (C=O) groups excluding carboxylic acids is 1. The van der Waals surface area contributed by atoms with E-state index in [4.69, 9.17) is 11.6 Å². The van der Waals surface area contributed by atoms with E-state index < -0.39 is 12.7 Å². The molecule has 0 radical (unpaired) electrons. The standard InChI is InChI=1S/C17H15ClFNO/c18-15-7-5-12(6-8-15)17(21)20-11-14-4-2-1-3-13(14)9-16(20)10-19/h1-8,16H,9-11H2/t16-/m0/s1. The van der Waals surface area contributed by atoms with Crippen molar-refractivity contribution in [3.8, 4) is 0 Å². The van der Waals surface area contributed by atoms with Crippen molar-refractivity contribution < 1.29 is 9.18 Å². The first-order chi connectivity index (χ1) is 10.2. The third-order valence-electron chi connectivity index (χ3n) is 3.89. The molecule has 21 heavy (non-hydrogen) atoms. The lowest BCUT2D eigenvalue weighted by Gasteiger charge is -2.35. The first kappa shape index (κ1) is 14.1. The molecule has 1 aliphatic heterocycles. The molecule has 0 unspecified atom stereocenters. The third-order valence-corrected chi connectivity index (χ3v) is 4.14. The van der Waals surface area contributed by atoms with Crippen LogP contribution in [0.5, 0.6) is 0 Å². The van der Waals surface area contributed by atoms with E-state index in [1.54, 1.807) is 29.2 Å². The quantitative estimate of drug-likeness (QED) is 0.824. The van der Waals surface area contributed by atoms with Crippen LogP contribution in [-0.2, 0) is 13.0 Å². The van der Waals surface area contributed by atoms with Gasteiger partial charge in [-0.15, -0.1) is 0 Å². The van der Waals surface area contributed by atoms with Crippen LogP contribution in [0, 0.1) is 0 Å². The Labute approximate surface area is 128 Å². The molecule has 2 aromatic rings. The van der Waals surface area contributed by atoms with Gasteiger partial charge in [-0.05, 0) is 41.8 Å². The second kappa shape index (κ2) is 5.86. The molecular weight excluding hydrogens is 289 g/mol. The number of hydrogen-bond acceptors (Lipinski definition) is 1. The lowest BCUT2D eigenvalue weighted by molar-refractivity contribution is 0.0606. The second-order valence-electron chi connectivity index (χ2n) is 5.22. The highest BCUT2D eigenvalue weighted by Crippen LogP contribution is 2.25. The lowest BCUT2D eigenvalue weighted by atomic mass is 9.94. The number of amides is 1. The van der Waals surface area contributed by atoms with Crippen molar-refractivity contribution in [2.24, 2.45) is 0 Å². The number of halogens is 2. The largest absolute Gasteiger partial charge is 0.328 e. The molecular formula is C17H15ClFNO. The molecule has 1 aliphatic rings. The average molecular weight is 304 g/mol. The van der Waals surface area contributed by atoms with E-state index >= 15 is 0 Å². The molecule has 1 atom stereocenters. The molecule has 1 amide bonds. The van der Waals surface area contributed by atoms with E-state index in [1.165, 1.54) is 0 Å². The molecule has 108 valence electrons. The molecule has 4 heteroatoms. The minimum Gasteiger partial charge on any atom is -0.328 e. The van der Waals surface area contributed by atoms with Crippen molar-refractivity contribution in [3.05, 3.63) is 70.2 Å². The highest BCUT2D eigenvalue weighted by atomic mass is 35.5. The summed E-state index contributed by atoms with van der Waals surface area (Å²) >= 11 is 5.84. The van der Waals surface area contributed by atoms with Gasteiger partial charge in [0.05, 0.1) is 6.04 Å². The van der Waals surface area contributed by atoms with Gasteiger partial charge in [0.1, 0.15) is 6.67 Å². The van der Waals surface area contributed by atoms with Gasteiger partial charge in [0.15, 0.2) is 0 Å². The van der Waals surface area contributed by atoms with Crippen LogP contribution in [0.1, 0.15) is 21.5 Å². The Balaban J connectivity index is 1.90. The first-order valence-electron chi connectivity index (χ1n) is 6.88. The number of benzene rings is 2. The zero-order valence-electron chi connectivity index (χ0n) is 11.4. The van der Waals surface area contributed by atoms with Gasteiger partial charge in [-0.1, -0.05) is 35.9 Å². The van der Waals surface area contributed by atoms with Crippen molar-refractivity contribution >= 4 is 17.5 Å². The van der Waals surface area contributed by atoms with Gasteiger partial charge in [0.2, 0.25) is 0 Å². The molecule has 0 aromatic heterocycles. The van der Waals surface area contributed by atoms with E-state index in [0.29, 0.717) is 23.6 Å². The van der Waals surface area contributed by atoms with E-state index in [-0.39, 0.29) is 5.91 Å². The zero-order chi connectivity index (χ0) is 14.8. The molecule has 0 bridgehead atoms. The molecule has 0 saturated heterocycles. The lowest BCUT2D eigenvalue weighted by Crippen LogP contribution is -2.45. The molecule has 2 nitrogen and oxygen atoms in total. The monoisotopic (exact) mass is 303 g/mol. The number of carbonyl (C=O) groups is 1. The van der Waals surface area contributed by atoms with Gasteiger partial charge >= 0.3 is 0 Å². The fourth-order valence-corrected chi connectivity index (χ4v) is 2.85. The van der Waals surface area contributed by atoms with Crippen LogP contribution < -0.4 is 0 Å². The Bertz CT molecular complexity index is 656. The summed E-state index contributed by atoms with van der Waals surface area (Å²) in [7, 11) is 0. The fourth-order valence-electron chi connectivity index (χ4n) is 2.72. The normalized spacial score (nSPS) is 17.4. The molecule has 0 fully saturated rings. The zero-order valence-corrected chi connectivity index (χ0v) is 12.2. The molecule has 0 N–H and O–H groups in total. The molecule has 0 aliphatic carbocycles. The van der Waals surface area contributed by atoms with Crippen LogP contribution >= 0.6 is 11.6 Å². The fraction of sp³-hybridized carbons (Fsp3) is 0.235. The summed E-state index contributed by atoms with van der Waals surface area (Å²) in [6, 6.07) is 14.2. The van der Waals surface area contributed by atoms with E-state index in [9.17, 15) is 9.18 Å². The van der Waals surface area contributed by atoms with Crippen molar-refractivity contribution in [2.45, 2.75) is 19.0 Å². The topological polar surface area (TPSA) is 20.3 Å². The number of rotatable bonds is 2. The maximum atomic E-state index is 13.3. The van der Waals surface area contributed by atoms with Crippen molar-refractivity contribution in [3.63, 3.8) is 0 Å². The Hall–Kier alpha value is -1.87. The van der Waals surface area contributed by atoms with Crippen LogP contribution in [0.15, 0.2) is 48.5 Å². The van der Waals surface area contributed by atoms with Gasteiger partial charge in [-0.2, -0.15) is 0 Å². The minimum atomic E-state index is -0.534. The van der Waals surface area contributed by atoms with Gasteiger partial charge in [-0.3, -0.25) is 4.79 Å². The highest BCUT2D eigenvalue weighted by molar-refractivity contribution is 6.30. The summed E-state index contributed by atoms with van der Waals surface area (Å²) in [5.41, 5.74) is 2.75. The summed E-state index contributed by atoms with van der Waals surface area (Å²) in [6.45, 7) is -0.0834. The van der Waals surface area contributed by atoms with Crippen LogP contribution in [0.4, 0.5) is 4.39 Å². The molecule has 1 heterocycles. The summed E-state index contributed by atoms with van der Waals surface area (Å²) < 4.78 is 13.3. The highest BCUT2D eigenvalue weighted by Gasteiger charge is 2.30. The van der Waals surface area contributed by atoms with Crippen LogP contribution in [0.2, 0.25) is 5.02 Å². The summed E-state index contributed by atoms with van der Waals surface area (Å²) in [4.78, 5) is 14.2. The Kier molecular flexibility index (Phi) is 3.93.